The molecule has 114 valence electrons. The zero-order chi connectivity index (χ0) is 15.1. The molecule has 1 aliphatic carbocycles. The first kappa shape index (κ1) is 14.4. The van der Waals surface area contributed by atoms with Crippen LogP contribution in [0.15, 0.2) is 24.5 Å². The minimum atomic E-state index is -0.433. The maximum atomic E-state index is 12.3. The Morgan fingerprint density at radius 2 is 1.95 bits per heavy atom. The van der Waals surface area contributed by atoms with E-state index in [1.54, 1.807) is 0 Å². The van der Waals surface area contributed by atoms with Gasteiger partial charge in [-0.15, -0.1) is 0 Å². The van der Waals surface area contributed by atoms with E-state index < -0.39 is 5.60 Å². The van der Waals surface area contributed by atoms with Gasteiger partial charge in [0.15, 0.2) is 0 Å². The van der Waals surface area contributed by atoms with Crippen molar-refractivity contribution >= 4 is 6.09 Å². The highest BCUT2D eigenvalue weighted by Gasteiger charge is 2.53. The summed E-state index contributed by atoms with van der Waals surface area (Å²) in [5, 5.41) is 0. The first-order chi connectivity index (χ1) is 9.90. The lowest BCUT2D eigenvalue weighted by Crippen LogP contribution is -2.45. The number of carbonyl (C=O) groups excluding carboxylic acids is 1. The number of hydrogen-bond acceptors (Lipinski definition) is 3. The lowest BCUT2D eigenvalue weighted by atomic mass is 9.78. The van der Waals surface area contributed by atoms with Crippen molar-refractivity contribution in [2.45, 2.75) is 51.6 Å². The number of ether oxygens (including phenoxy) is 1. The van der Waals surface area contributed by atoms with E-state index in [4.69, 9.17) is 4.74 Å². The Balaban J connectivity index is 1.75. The fraction of sp³-hybridized carbons (Fsp3) is 0.647. The molecule has 21 heavy (non-hydrogen) atoms. The number of hydrogen-bond donors (Lipinski definition) is 0. The zero-order valence-electron chi connectivity index (χ0n) is 13.1. The Bertz CT molecular complexity index is 517. The molecule has 4 heteroatoms. The second-order valence-corrected chi connectivity index (χ2v) is 7.37. The summed E-state index contributed by atoms with van der Waals surface area (Å²) in [6, 6.07) is 4.17. The molecule has 1 amide bonds. The van der Waals surface area contributed by atoms with E-state index in [0.717, 1.165) is 19.5 Å². The summed E-state index contributed by atoms with van der Waals surface area (Å²) in [4.78, 5) is 18.3. The number of amides is 1. The lowest BCUT2D eigenvalue weighted by Gasteiger charge is -2.39. The van der Waals surface area contributed by atoms with Crippen molar-refractivity contribution in [3.05, 3.63) is 30.1 Å². The normalized spacial score (nSPS) is 24.0. The fourth-order valence-corrected chi connectivity index (χ4v) is 3.34. The van der Waals surface area contributed by atoms with E-state index in [-0.39, 0.29) is 6.09 Å². The molecule has 3 rings (SSSR count). The zero-order valence-corrected chi connectivity index (χ0v) is 13.1. The predicted octanol–water partition coefficient (Wildman–Crippen LogP) is 3.59. The van der Waals surface area contributed by atoms with Gasteiger partial charge in [0, 0.05) is 31.4 Å². The monoisotopic (exact) mass is 288 g/mol. The second-order valence-electron chi connectivity index (χ2n) is 7.37. The van der Waals surface area contributed by atoms with Crippen molar-refractivity contribution in [1.29, 1.82) is 0 Å². The van der Waals surface area contributed by atoms with Gasteiger partial charge in [0.1, 0.15) is 5.60 Å². The number of nitrogens with zero attached hydrogens (tertiary/aromatic N) is 2. The fourth-order valence-electron chi connectivity index (χ4n) is 3.34. The number of piperidine rings is 1. The minimum Gasteiger partial charge on any atom is -0.444 e. The van der Waals surface area contributed by atoms with Gasteiger partial charge in [0.25, 0.3) is 0 Å². The first-order valence-corrected chi connectivity index (χ1v) is 7.78. The van der Waals surface area contributed by atoms with Gasteiger partial charge in [0.05, 0.1) is 0 Å². The molecule has 1 saturated carbocycles. The van der Waals surface area contributed by atoms with Crippen LogP contribution in [0.25, 0.3) is 0 Å². The van der Waals surface area contributed by atoms with E-state index in [0.29, 0.717) is 11.3 Å². The Hall–Kier alpha value is -1.58. The quantitative estimate of drug-likeness (QED) is 0.793. The minimum absolute atomic E-state index is 0.183. The van der Waals surface area contributed by atoms with Crippen molar-refractivity contribution in [2.24, 2.45) is 5.41 Å². The van der Waals surface area contributed by atoms with Gasteiger partial charge in [-0.25, -0.2) is 4.79 Å². The molecule has 0 aromatic carbocycles. The van der Waals surface area contributed by atoms with Crippen LogP contribution in [0.3, 0.4) is 0 Å². The number of aromatic nitrogens is 1. The molecule has 4 nitrogen and oxygen atoms in total. The predicted molar refractivity (Wildman–Crippen MR) is 81.1 cm³/mol. The van der Waals surface area contributed by atoms with Crippen LogP contribution in [-0.2, 0) is 4.74 Å². The molecule has 1 unspecified atom stereocenters. The Morgan fingerprint density at radius 3 is 2.52 bits per heavy atom. The van der Waals surface area contributed by atoms with Crippen molar-refractivity contribution in [1.82, 2.24) is 9.88 Å². The van der Waals surface area contributed by atoms with Crippen molar-refractivity contribution in [2.75, 3.05) is 13.1 Å². The third-order valence-corrected chi connectivity index (χ3v) is 4.67. The van der Waals surface area contributed by atoms with Crippen molar-refractivity contribution in [3.8, 4) is 0 Å². The van der Waals surface area contributed by atoms with Gasteiger partial charge in [0.2, 0.25) is 0 Å². The highest BCUT2D eigenvalue weighted by Crippen LogP contribution is 2.60. The van der Waals surface area contributed by atoms with Crippen LogP contribution in [0.4, 0.5) is 4.79 Å². The summed E-state index contributed by atoms with van der Waals surface area (Å²) >= 11 is 0. The molecule has 1 saturated heterocycles. The highest BCUT2D eigenvalue weighted by atomic mass is 16.6. The highest BCUT2D eigenvalue weighted by molar-refractivity contribution is 5.68. The molecule has 1 spiro atoms. The molecule has 1 aliphatic heterocycles. The second kappa shape index (κ2) is 5.00. The average Bonchev–Trinajstić information content (AvgIpc) is 3.18. The molecule has 0 N–H and O–H groups in total. The Labute approximate surface area is 126 Å². The van der Waals surface area contributed by atoms with E-state index >= 15 is 0 Å². The molecule has 1 aromatic heterocycles. The SMILES string of the molecule is CC(C)(C)OC(=O)N1CCC2(CC2)C(c2ccncc2)C1. The van der Waals surface area contributed by atoms with E-state index in [9.17, 15) is 4.79 Å². The summed E-state index contributed by atoms with van der Waals surface area (Å²) in [6.07, 6.45) is 7.15. The van der Waals surface area contributed by atoms with Crippen LogP contribution in [-0.4, -0.2) is 34.7 Å². The molecule has 1 atom stereocenters. The third kappa shape index (κ3) is 3.04. The average molecular weight is 288 g/mol. The van der Waals surface area contributed by atoms with Gasteiger partial charge in [-0.3, -0.25) is 4.98 Å². The largest absolute Gasteiger partial charge is 0.444 e. The van der Waals surface area contributed by atoms with Crippen LogP contribution < -0.4 is 0 Å². The van der Waals surface area contributed by atoms with E-state index in [1.807, 2.05) is 38.1 Å². The molecule has 2 aliphatic rings. The topological polar surface area (TPSA) is 42.4 Å². The maximum Gasteiger partial charge on any atom is 0.410 e. The summed E-state index contributed by atoms with van der Waals surface area (Å²) in [5.41, 5.74) is 1.29. The molecule has 1 aromatic rings. The number of carbonyl (C=O) groups is 1. The van der Waals surface area contributed by atoms with E-state index in [1.165, 1.54) is 18.4 Å². The van der Waals surface area contributed by atoms with Crippen LogP contribution >= 0.6 is 0 Å². The van der Waals surface area contributed by atoms with Gasteiger partial charge < -0.3 is 9.64 Å². The van der Waals surface area contributed by atoms with Crippen LogP contribution in [0, 0.1) is 5.41 Å². The number of likely N-dealkylation sites (tertiary alicyclic amines) is 1. The summed E-state index contributed by atoms with van der Waals surface area (Å²) in [5.74, 6) is 0.418. The van der Waals surface area contributed by atoms with E-state index in [2.05, 4.69) is 17.1 Å². The molecular weight excluding hydrogens is 264 g/mol. The van der Waals surface area contributed by atoms with Gasteiger partial charge in [-0.1, -0.05) is 0 Å². The van der Waals surface area contributed by atoms with Crippen LogP contribution in [0.2, 0.25) is 0 Å². The molecule has 0 bridgehead atoms. The van der Waals surface area contributed by atoms with Gasteiger partial charge in [-0.2, -0.15) is 0 Å². The van der Waals surface area contributed by atoms with Gasteiger partial charge in [-0.05, 0) is 63.1 Å². The molecule has 2 heterocycles. The van der Waals surface area contributed by atoms with Crippen LogP contribution in [0.1, 0.15) is 51.5 Å². The molecular formula is C17H24N2O2. The maximum absolute atomic E-state index is 12.3. The smallest absolute Gasteiger partial charge is 0.410 e. The first-order valence-electron chi connectivity index (χ1n) is 7.78. The summed E-state index contributed by atoms with van der Waals surface area (Å²) in [6.45, 7) is 7.32. The Kier molecular flexibility index (Phi) is 3.42. The number of pyridine rings is 1. The lowest BCUT2D eigenvalue weighted by molar-refractivity contribution is 0.0141. The third-order valence-electron chi connectivity index (χ3n) is 4.67. The standard InChI is InChI=1S/C17H24N2O2/c1-16(2,3)21-15(20)19-11-8-17(6-7-17)14(12-19)13-4-9-18-10-5-13/h4-5,9-10,14H,6-8,11-12H2,1-3H3. The van der Waals surface area contributed by atoms with Gasteiger partial charge >= 0.3 is 6.09 Å². The summed E-state index contributed by atoms with van der Waals surface area (Å²) < 4.78 is 5.52. The van der Waals surface area contributed by atoms with Crippen molar-refractivity contribution < 1.29 is 9.53 Å². The number of rotatable bonds is 1. The van der Waals surface area contributed by atoms with Crippen LogP contribution in [0.5, 0.6) is 0 Å². The summed E-state index contributed by atoms with van der Waals surface area (Å²) in [7, 11) is 0. The van der Waals surface area contributed by atoms with Crippen molar-refractivity contribution in [3.63, 3.8) is 0 Å². The Morgan fingerprint density at radius 1 is 1.29 bits per heavy atom. The molecule has 0 radical (unpaired) electrons. The molecule has 2 fully saturated rings.